The van der Waals surface area contributed by atoms with Gasteiger partial charge >= 0.3 is 0 Å². The third kappa shape index (κ3) is 4.18. The highest BCUT2D eigenvalue weighted by molar-refractivity contribution is 6.30. The molecule has 2 aromatic rings. The molecule has 1 atom stereocenters. The van der Waals surface area contributed by atoms with Crippen LogP contribution < -0.4 is 9.64 Å². The Morgan fingerprint density at radius 1 is 1.13 bits per heavy atom. The quantitative estimate of drug-likeness (QED) is 0.803. The van der Waals surface area contributed by atoms with Gasteiger partial charge in [0.2, 0.25) is 0 Å². The molecule has 1 aliphatic heterocycles. The summed E-state index contributed by atoms with van der Waals surface area (Å²) in [4.78, 5) is 2.37. The van der Waals surface area contributed by atoms with Crippen LogP contribution in [0.3, 0.4) is 0 Å². The average Bonchev–Trinajstić information content (AvgIpc) is 2.61. The van der Waals surface area contributed by atoms with Crippen molar-refractivity contribution in [2.75, 3.05) is 25.1 Å². The lowest BCUT2D eigenvalue weighted by molar-refractivity contribution is 0.0306. The second kappa shape index (κ2) is 7.71. The Morgan fingerprint density at radius 2 is 1.91 bits per heavy atom. The van der Waals surface area contributed by atoms with E-state index in [0.717, 1.165) is 42.3 Å². The number of anilines is 1. The van der Waals surface area contributed by atoms with E-state index in [1.54, 1.807) is 7.11 Å². The van der Waals surface area contributed by atoms with Crippen molar-refractivity contribution in [1.82, 2.24) is 0 Å². The van der Waals surface area contributed by atoms with Gasteiger partial charge < -0.3 is 14.4 Å². The first-order valence-electron chi connectivity index (χ1n) is 8.00. The van der Waals surface area contributed by atoms with Crippen LogP contribution in [0.2, 0.25) is 5.02 Å². The van der Waals surface area contributed by atoms with Crippen molar-refractivity contribution in [1.29, 1.82) is 0 Å². The van der Waals surface area contributed by atoms with E-state index in [1.807, 2.05) is 30.3 Å². The predicted molar refractivity (Wildman–Crippen MR) is 94.5 cm³/mol. The number of methoxy groups -OCH3 is 1. The minimum Gasteiger partial charge on any atom is -0.496 e. The summed E-state index contributed by atoms with van der Waals surface area (Å²) >= 11 is 5.97. The zero-order valence-electron chi connectivity index (χ0n) is 13.4. The molecule has 1 unspecified atom stereocenters. The smallest absolute Gasteiger partial charge is 0.124 e. The maximum absolute atomic E-state index is 6.14. The lowest BCUT2D eigenvalue weighted by Crippen LogP contribution is -2.39. The van der Waals surface area contributed by atoms with Gasteiger partial charge in [0, 0.05) is 29.4 Å². The second-order valence-electron chi connectivity index (χ2n) is 5.81. The highest BCUT2D eigenvalue weighted by Crippen LogP contribution is 2.25. The molecule has 1 aliphatic rings. The molecule has 0 aromatic heterocycles. The monoisotopic (exact) mass is 331 g/mol. The van der Waals surface area contributed by atoms with Crippen molar-refractivity contribution in [3.8, 4) is 5.75 Å². The van der Waals surface area contributed by atoms with Crippen LogP contribution in [0.25, 0.3) is 0 Å². The Morgan fingerprint density at radius 3 is 2.70 bits per heavy atom. The Bertz CT molecular complexity index is 630. The van der Waals surface area contributed by atoms with Gasteiger partial charge in [0.15, 0.2) is 0 Å². The number of nitrogens with zero attached hydrogens (tertiary/aromatic N) is 1. The molecule has 3 rings (SSSR count). The van der Waals surface area contributed by atoms with Crippen molar-refractivity contribution >= 4 is 17.3 Å². The summed E-state index contributed by atoms with van der Waals surface area (Å²) in [5, 5.41) is 0.773. The minimum atomic E-state index is 0.240. The van der Waals surface area contributed by atoms with Crippen molar-refractivity contribution in [3.63, 3.8) is 0 Å². The van der Waals surface area contributed by atoms with Crippen LogP contribution in [0.4, 0.5) is 5.69 Å². The van der Waals surface area contributed by atoms with Gasteiger partial charge in [-0.05, 0) is 43.2 Å². The Hall–Kier alpha value is -1.71. The molecule has 0 N–H and O–H groups in total. The van der Waals surface area contributed by atoms with Crippen LogP contribution in [0.15, 0.2) is 48.5 Å². The van der Waals surface area contributed by atoms with Crippen molar-refractivity contribution in [2.45, 2.75) is 25.6 Å². The number of halogens is 1. The van der Waals surface area contributed by atoms with E-state index in [2.05, 4.69) is 23.1 Å². The largest absolute Gasteiger partial charge is 0.496 e. The fourth-order valence-electron chi connectivity index (χ4n) is 2.99. The number of para-hydroxylation sites is 1. The van der Waals surface area contributed by atoms with Crippen LogP contribution in [-0.4, -0.2) is 26.3 Å². The predicted octanol–water partition coefficient (Wildman–Crippen LogP) is 4.53. The second-order valence-corrected chi connectivity index (χ2v) is 6.25. The number of ether oxygens (including phenoxy) is 2. The molecule has 1 saturated heterocycles. The summed E-state index contributed by atoms with van der Waals surface area (Å²) in [6.45, 7) is 2.57. The number of rotatable bonds is 5. The highest BCUT2D eigenvalue weighted by Gasteiger charge is 2.21. The normalized spacial score (nSPS) is 18.0. The van der Waals surface area contributed by atoms with Gasteiger partial charge in [-0.15, -0.1) is 0 Å². The number of hydrogen-bond acceptors (Lipinski definition) is 3. The van der Waals surface area contributed by atoms with E-state index < -0.39 is 0 Å². The molecule has 0 saturated carbocycles. The fraction of sp³-hybridized carbons (Fsp3) is 0.368. The van der Waals surface area contributed by atoms with E-state index in [0.29, 0.717) is 6.61 Å². The molecule has 122 valence electrons. The van der Waals surface area contributed by atoms with E-state index in [1.165, 1.54) is 5.69 Å². The van der Waals surface area contributed by atoms with Crippen LogP contribution in [0, 0.1) is 0 Å². The van der Waals surface area contributed by atoms with Crippen LogP contribution in [-0.2, 0) is 11.3 Å². The maximum Gasteiger partial charge on any atom is 0.124 e. The van der Waals surface area contributed by atoms with Gasteiger partial charge in [0.1, 0.15) is 5.75 Å². The molecule has 1 heterocycles. The van der Waals surface area contributed by atoms with Crippen molar-refractivity contribution in [3.05, 3.63) is 59.1 Å². The molecular weight excluding hydrogens is 310 g/mol. The van der Waals surface area contributed by atoms with E-state index in [-0.39, 0.29) is 6.10 Å². The highest BCUT2D eigenvalue weighted by atomic mass is 35.5. The molecule has 0 amide bonds. The molecule has 2 aromatic carbocycles. The number of hydrogen-bond donors (Lipinski definition) is 0. The first kappa shape index (κ1) is 16.2. The Kier molecular flexibility index (Phi) is 5.42. The molecule has 3 nitrogen and oxygen atoms in total. The molecule has 4 heteroatoms. The molecule has 0 bridgehead atoms. The SMILES string of the molecule is COc1ccccc1COC1CCCN(c2ccc(Cl)cc2)C1. The van der Waals surface area contributed by atoms with E-state index in [9.17, 15) is 0 Å². The average molecular weight is 332 g/mol. The van der Waals surface area contributed by atoms with Crippen LogP contribution in [0.1, 0.15) is 18.4 Å². The molecule has 0 spiro atoms. The summed E-state index contributed by atoms with van der Waals surface area (Å²) in [7, 11) is 1.70. The van der Waals surface area contributed by atoms with Gasteiger partial charge in [-0.25, -0.2) is 0 Å². The summed E-state index contributed by atoms with van der Waals surface area (Å²) in [5.74, 6) is 0.887. The van der Waals surface area contributed by atoms with Gasteiger partial charge in [-0.2, -0.15) is 0 Å². The lowest BCUT2D eigenvalue weighted by Gasteiger charge is -2.34. The maximum atomic E-state index is 6.14. The molecular formula is C19H22ClNO2. The third-order valence-electron chi connectivity index (χ3n) is 4.24. The van der Waals surface area contributed by atoms with E-state index >= 15 is 0 Å². The molecule has 23 heavy (non-hydrogen) atoms. The first-order chi connectivity index (χ1) is 11.3. The summed E-state index contributed by atoms with van der Waals surface area (Å²) in [6.07, 6.45) is 2.47. The van der Waals surface area contributed by atoms with Crippen LogP contribution in [0.5, 0.6) is 5.75 Å². The summed E-state index contributed by atoms with van der Waals surface area (Å²) in [6, 6.07) is 16.0. The molecule has 1 fully saturated rings. The third-order valence-corrected chi connectivity index (χ3v) is 4.49. The fourth-order valence-corrected chi connectivity index (χ4v) is 3.12. The molecule has 0 aliphatic carbocycles. The summed E-state index contributed by atoms with van der Waals surface area (Å²) in [5.41, 5.74) is 2.30. The van der Waals surface area contributed by atoms with Crippen LogP contribution >= 0.6 is 11.6 Å². The lowest BCUT2D eigenvalue weighted by atomic mass is 10.1. The topological polar surface area (TPSA) is 21.7 Å². The Balaban J connectivity index is 1.59. The van der Waals surface area contributed by atoms with Crippen molar-refractivity contribution in [2.24, 2.45) is 0 Å². The zero-order chi connectivity index (χ0) is 16.1. The van der Waals surface area contributed by atoms with Crippen molar-refractivity contribution < 1.29 is 9.47 Å². The van der Waals surface area contributed by atoms with Gasteiger partial charge in [0.05, 0.1) is 19.8 Å². The van der Waals surface area contributed by atoms with Gasteiger partial charge in [-0.3, -0.25) is 0 Å². The van der Waals surface area contributed by atoms with Gasteiger partial charge in [0.25, 0.3) is 0 Å². The van der Waals surface area contributed by atoms with Gasteiger partial charge in [-0.1, -0.05) is 29.8 Å². The standard InChI is InChI=1S/C19H22ClNO2/c1-22-19-7-3-2-5-15(19)14-23-18-6-4-12-21(13-18)17-10-8-16(20)9-11-17/h2-3,5,7-11,18H,4,6,12-14H2,1H3. The Labute approximate surface area is 142 Å². The number of piperidine rings is 1. The zero-order valence-corrected chi connectivity index (χ0v) is 14.1. The summed E-state index contributed by atoms with van der Waals surface area (Å²) < 4.78 is 11.5. The van der Waals surface area contributed by atoms with E-state index in [4.69, 9.17) is 21.1 Å². The minimum absolute atomic E-state index is 0.240. The first-order valence-corrected chi connectivity index (χ1v) is 8.38. The molecule has 0 radical (unpaired) electrons. The number of benzene rings is 2.